The van der Waals surface area contributed by atoms with Crippen molar-refractivity contribution in [2.45, 2.75) is 12.6 Å². The highest BCUT2D eigenvalue weighted by Crippen LogP contribution is 2.23. The molecule has 0 aliphatic rings. The molecule has 1 unspecified atom stereocenters. The van der Waals surface area contributed by atoms with Crippen LogP contribution in [0.4, 0.5) is 0 Å². The summed E-state index contributed by atoms with van der Waals surface area (Å²) < 4.78 is 8.21. The molecule has 1 atom stereocenters. The van der Waals surface area contributed by atoms with Crippen LogP contribution in [0.5, 0.6) is 5.75 Å². The average Bonchev–Trinajstić information content (AvgIpc) is 3.21. The zero-order valence-corrected chi connectivity index (χ0v) is 15.7. The van der Waals surface area contributed by atoms with Crippen LogP contribution in [0.2, 0.25) is 0 Å². The third-order valence-corrected chi connectivity index (χ3v) is 4.74. The molecular weight excluding hydrogens is 368 g/mol. The summed E-state index contributed by atoms with van der Waals surface area (Å²) in [7, 11) is 1.60. The fourth-order valence-electron chi connectivity index (χ4n) is 3.20. The van der Waals surface area contributed by atoms with Crippen LogP contribution in [-0.2, 0) is 6.54 Å². The van der Waals surface area contributed by atoms with Gasteiger partial charge in [0.1, 0.15) is 11.3 Å². The van der Waals surface area contributed by atoms with Gasteiger partial charge in [0.25, 0.3) is 5.56 Å². The fourth-order valence-corrected chi connectivity index (χ4v) is 3.20. The first kappa shape index (κ1) is 18.5. The van der Waals surface area contributed by atoms with E-state index in [1.54, 1.807) is 49.8 Å². The van der Waals surface area contributed by atoms with Gasteiger partial charge in [-0.3, -0.25) is 4.79 Å². The van der Waals surface area contributed by atoms with E-state index in [0.29, 0.717) is 28.1 Å². The predicted octanol–water partition coefficient (Wildman–Crippen LogP) is 2.78. The Bertz CT molecular complexity index is 1280. The number of benzene rings is 2. The Hall–Kier alpha value is -3.89. The molecule has 2 aromatic heterocycles. The monoisotopic (exact) mass is 386 g/mol. The number of hydrogen-bond acceptors (Lipinski definition) is 5. The molecule has 0 amide bonds. The van der Waals surface area contributed by atoms with Crippen molar-refractivity contribution in [1.82, 2.24) is 14.2 Å². The Morgan fingerprint density at radius 1 is 1.17 bits per heavy atom. The van der Waals surface area contributed by atoms with Crippen molar-refractivity contribution in [3.63, 3.8) is 0 Å². The second-order valence-electron chi connectivity index (χ2n) is 6.60. The number of aliphatic hydroxyl groups excluding tert-OH is 1. The number of fused-ring (bicyclic) bond motifs is 1. The quantitative estimate of drug-likeness (QED) is 0.569. The summed E-state index contributed by atoms with van der Waals surface area (Å²) in [6.07, 6.45) is 2.36. The van der Waals surface area contributed by atoms with E-state index in [-0.39, 0.29) is 12.1 Å². The van der Waals surface area contributed by atoms with Gasteiger partial charge in [-0.25, -0.2) is 4.52 Å². The zero-order valence-electron chi connectivity index (χ0n) is 15.7. The Balaban J connectivity index is 1.67. The molecule has 1 N–H and O–H groups in total. The van der Waals surface area contributed by atoms with Gasteiger partial charge in [-0.1, -0.05) is 24.3 Å². The standard InChI is InChI=1S/C22H18N4O3/c1-29-18-7-3-5-16(11-18)19-12-20-22(28)25(8-9-26(20)24-19)14-21(27)17-6-2-4-15(10-17)13-23/h2-12,21,27H,14H2,1H3. The molecule has 7 nitrogen and oxygen atoms in total. The average molecular weight is 386 g/mol. The first-order valence-corrected chi connectivity index (χ1v) is 9.00. The van der Waals surface area contributed by atoms with Gasteiger partial charge < -0.3 is 14.4 Å². The van der Waals surface area contributed by atoms with Crippen LogP contribution in [0, 0.1) is 11.3 Å². The smallest absolute Gasteiger partial charge is 0.276 e. The SMILES string of the molecule is COc1cccc(-c2cc3c(=O)n(CC(O)c4cccc(C#N)c4)ccn3n2)c1. The van der Waals surface area contributed by atoms with Crippen LogP contribution in [0.3, 0.4) is 0 Å². The van der Waals surface area contributed by atoms with E-state index in [0.717, 1.165) is 5.56 Å². The van der Waals surface area contributed by atoms with Gasteiger partial charge in [-0.2, -0.15) is 10.4 Å². The Morgan fingerprint density at radius 3 is 2.79 bits per heavy atom. The van der Waals surface area contributed by atoms with Crippen LogP contribution >= 0.6 is 0 Å². The zero-order chi connectivity index (χ0) is 20.4. The molecule has 0 spiro atoms. The van der Waals surface area contributed by atoms with Crippen LogP contribution in [-0.4, -0.2) is 26.4 Å². The van der Waals surface area contributed by atoms with E-state index in [1.165, 1.54) is 9.08 Å². The maximum atomic E-state index is 12.9. The van der Waals surface area contributed by atoms with E-state index in [2.05, 4.69) is 5.10 Å². The van der Waals surface area contributed by atoms with Crippen LogP contribution < -0.4 is 10.3 Å². The predicted molar refractivity (Wildman–Crippen MR) is 108 cm³/mol. The molecule has 0 radical (unpaired) electrons. The minimum atomic E-state index is -0.913. The first-order valence-electron chi connectivity index (χ1n) is 9.00. The van der Waals surface area contributed by atoms with Gasteiger partial charge in [0.15, 0.2) is 0 Å². The number of aromatic nitrogens is 3. The lowest BCUT2D eigenvalue weighted by molar-refractivity contribution is 0.155. The molecular formula is C22H18N4O3. The van der Waals surface area contributed by atoms with Crippen molar-refractivity contribution in [2.24, 2.45) is 0 Å². The van der Waals surface area contributed by atoms with Crippen LogP contribution in [0.15, 0.2) is 71.8 Å². The molecule has 2 heterocycles. The number of hydrogen-bond donors (Lipinski definition) is 1. The Labute approximate surface area is 166 Å². The van der Waals surface area contributed by atoms with Crippen molar-refractivity contribution in [3.8, 4) is 23.1 Å². The summed E-state index contributed by atoms with van der Waals surface area (Å²) in [5.74, 6) is 0.708. The van der Waals surface area contributed by atoms with E-state index in [4.69, 9.17) is 10.00 Å². The summed E-state index contributed by atoms with van der Waals surface area (Å²) in [5, 5.41) is 24.0. The lowest BCUT2D eigenvalue weighted by Gasteiger charge is -2.13. The van der Waals surface area contributed by atoms with Crippen LogP contribution in [0.25, 0.3) is 16.8 Å². The molecule has 0 saturated heterocycles. The third kappa shape index (κ3) is 3.61. The molecule has 7 heteroatoms. The number of rotatable bonds is 5. The van der Waals surface area contributed by atoms with Gasteiger partial charge in [-0.05, 0) is 35.9 Å². The van der Waals surface area contributed by atoms with E-state index in [9.17, 15) is 9.90 Å². The lowest BCUT2D eigenvalue weighted by atomic mass is 10.1. The molecule has 4 aromatic rings. The maximum Gasteiger partial charge on any atom is 0.276 e. The van der Waals surface area contributed by atoms with E-state index in [1.807, 2.05) is 30.3 Å². The molecule has 0 saturated carbocycles. The van der Waals surface area contributed by atoms with Gasteiger partial charge >= 0.3 is 0 Å². The molecule has 0 bridgehead atoms. The van der Waals surface area contributed by atoms with Crippen molar-refractivity contribution in [1.29, 1.82) is 5.26 Å². The van der Waals surface area contributed by atoms with Gasteiger partial charge in [0.05, 0.1) is 37.1 Å². The maximum absolute atomic E-state index is 12.9. The highest BCUT2D eigenvalue weighted by molar-refractivity contribution is 5.66. The molecule has 0 aliphatic heterocycles. The van der Waals surface area contributed by atoms with Crippen molar-refractivity contribution >= 4 is 5.52 Å². The van der Waals surface area contributed by atoms with Crippen molar-refractivity contribution in [3.05, 3.63) is 88.5 Å². The Kier molecular flexibility index (Phi) is 4.85. The summed E-state index contributed by atoms with van der Waals surface area (Å²) in [6.45, 7) is 0.0733. The van der Waals surface area contributed by atoms with Crippen molar-refractivity contribution in [2.75, 3.05) is 7.11 Å². The molecule has 0 aliphatic carbocycles. The first-order chi connectivity index (χ1) is 14.1. The summed E-state index contributed by atoms with van der Waals surface area (Å²) in [6, 6.07) is 17.9. The minimum Gasteiger partial charge on any atom is -0.497 e. The highest BCUT2D eigenvalue weighted by atomic mass is 16.5. The Morgan fingerprint density at radius 2 is 2.00 bits per heavy atom. The number of aliphatic hydroxyl groups is 1. The number of nitrogens with zero attached hydrogens (tertiary/aromatic N) is 4. The topological polar surface area (TPSA) is 92.5 Å². The number of nitriles is 1. The summed E-state index contributed by atoms with van der Waals surface area (Å²) in [4.78, 5) is 12.9. The molecule has 144 valence electrons. The largest absolute Gasteiger partial charge is 0.497 e. The molecule has 4 rings (SSSR count). The van der Waals surface area contributed by atoms with Gasteiger partial charge in [0.2, 0.25) is 0 Å². The lowest BCUT2D eigenvalue weighted by Crippen LogP contribution is -2.24. The normalized spacial score (nSPS) is 11.9. The molecule has 2 aromatic carbocycles. The van der Waals surface area contributed by atoms with Crippen LogP contribution in [0.1, 0.15) is 17.2 Å². The fraction of sp³-hybridized carbons (Fsp3) is 0.136. The van der Waals surface area contributed by atoms with E-state index < -0.39 is 6.10 Å². The highest BCUT2D eigenvalue weighted by Gasteiger charge is 2.14. The summed E-state index contributed by atoms with van der Waals surface area (Å²) in [5.41, 5.74) is 2.69. The molecule has 0 fully saturated rings. The molecule has 29 heavy (non-hydrogen) atoms. The summed E-state index contributed by atoms with van der Waals surface area (Å²) >= 11 is 0. The number of ether oxygens (including phenoxy) is 1. The van der Waals surface area contributed by atoms with Gasteiger partial charge in [0, 0.05) is 18.0 Å². The van der Waals surface area contributed by atoms with E-state index >= 15 is 0 Å². The third-order valence-electron chi connectivity index (χ3n) is 4.74. The van der Waals surface area contributed by atoms with Crippen molar-refractivity contribution < 1.29 is 9.84 Å². The number of methoxy groups -OCH3 is 1. The second-order valence-corrected chi connectivity index (χ2v) is 6.60. The minimum absolute atomic E-state index is 0.0733. The second kappa shape index (κ2) is 7.62. The van der Waals surface area contributed by atoms with Gasteiger partial charge in [-0.15, -0.1) is 0 Å².